The highest BCUT2D eigenvalue weighted by atomic mass is 19.1. The first kappa shape index (κ1) is 19.7. The topological polar surface area (TPSA) is 83.9 Å². The molecule has 1 heterocycles. The number of oxime groups is 1. The number of ether oxygens (including phenoxy) is 1. The molecule has 0 amide bonds. The van der Waals surface area contributed by atoms with E-state index in [-0.39, 0.29) is 18.1 Å². The number of methoxy groups -OCH3 is 1. The van der Waals surface area contributed by atoms with Gasteiger partial charge in [-0.2, -0.15) is 0 Å². The predicted octanol–water partition coefficient (Wildman–Crippen LogP) is 2.95. The van der Waals surface area contributed by atoms with Crippen molar-refractivity contribution >= 4 is 5.71 Å². The minimum Gasteiger partial charge on any atom is -0.496 e. The largest absolute Gasteiger partial charge is 0.496 e. The van der Waals surface area contributed by atoms with Gasteiger partial charge in [0.2, 0.25) is 0 Å². The van der Waals surface area contributed by atoms with Crippen molar-refractivity contribution in [2.24, 2.45) is 5.16 Å². The summed E-state index contributed by atoms with van der Waals surface area (Å²) in [6.45, 7) is 5.34. The summed E-state index contributed by atoms with van der Waals surface area (Å²) in [6.07, 6.45) is 0.581. The molecule has 140 valence electrons. The van der Waals surface area contributed by atoms with E-state index in [0.29, 0.717) is 28.2 Å². The lowest BCUT2D eigenvalue weighted by atomic mass is 10.00. The van der Waals surface area contributed by atoms with Crippen LogP contribution in [0.15, 0.2) is 40.4 Å². The molecule has 7 heteroatoms. The molecule has 2 rings (SSSR count). The number of aromatic amines is 1. The Morgan fingerprint density at radius 2 is 2.08 bits per heavy atom. The lowest BCUT2D eigenvalue weighted by Crippen LogP contribution is -2.18. The van der Waals surface area contributed by atoms with Gasteiger partial charge >= 0.3 is 0 Å². The lowest BCUT2D eigenvalue weighted by Gasteiger charge is -2.15. The number of halogens is 1. The van der Waals surface area contributed by atoms with Gasteiger partial charge in [0.05, 0.1) is 24.5 Å². The average molecular weight is 362 g/mol. The maximum atomic E-state index is 13.5. The number of pyridine rings is 1. The second-order valence-corrected chi connectivity index (χ2v) is 6.19. The summed E-state index contributed by atoms with van der Waals surface area (Å²) < 4.78 is 18.7. The van der Waals surface area contributed by atoms with Crippen LogP contribution >= 0.6 is 0 Å². The number of aromatic nitrogens is 1. The molecule has 0 bridgehead atoms. The van der Waals surface area contributed by atoms with Crippen LogP contribution in [0, 0.1) is 5.82 Å². The maximum absolute atomic E-state index is 13.5. The van der Waals surface area contributed by atoms with Crippen LogP contribution in [0.5, 0.6) is 5.75 Å². The fraction of sp³-hybridized carbons (Fsp3) is 0.368. The number of aliphatic hydroxyl groups excluding tert-OH is 1. The highest BCUT2D eigenvalue weighted by Crippen LogP contribution is 2.28. The van der Waals surface area contributed by atoms with E-state index in [2.05, 4.69) is 10.1 Å². The smallest absolute Gasteiger partial charge is 0.257 e. The molecular formula is C19H23FN2O4. The Morgan fingerprint density at radius 3 is 2.73 bits per heavy atom. The molecule has 0 saturated heterocycles. The number of H-pyrrole nitrogens is 1. The molecule has 1 aromatic carbocycles. The summed E-state index contributed by atoms with van der Waals surface area (Å²) in [5.41, 5.74) is 1.48. The molecular weight excluding hydrogens is 339 g/mol. The van der Waals surface area contributed by atoms with E-state index in [1.54, 1.807) is 13.0 Å². The second kappa shape index (κ2) is 8.62. The molecule has 0 radical (unpaired) electrons. The monoisotopic (exact) mass is 362 g/mol. The SMILES string of the molecule is COc1ccc(F)cc1C(O)Cc1c[nH]c(=O)c(/C(C)=N/OC(C)C)c1. The van der Waals surface area contributed by atoms with Crippen LogP contribution in [0.2, 0.25) is 0 Å². The van der Waals surface area contributed by atoms with Crippen molar-refractivity contribution in [3.05, 3.63) is 63.3 Å². The van der Waals surface area contributed by atoms with Gasteiger partial charge in [0.1, 0.15) is 17.7 Å². The van der Waals surface area contributed by atoms with Crippen LogP contribution in [0.4, 0.5) is 4.39 Å². The summed E-state index contributed by atoms with van der Waals surface area (Å²) in [4.78, 5) is 19.8. The van der Waals surface area contributed by atoms with Gasteiger partial charge in [-0.15, -0.1) is 0 Å². The first-order chi connectivity index (χ1) is 12.3. The number of nitrogens with one attached hydrogen (secondary N) is 1. The molecule has 6 nitrogen and oxygen atoms in total. The number of hydrogen-bond donors (Lipinski definition) is 2. The van der Waals surface area contributed by atoms with E-state index in [0.717, 1.165) is 0 Å². The summed E-state index contributed by atoms with van der Waals surface area (Å²) in [6, 6.07) is 5.60. The minimum atomic E-state index is -0.997. The average Bonchev–Trinajstić information content (AvgIpc) is 2.61. The standard InChI is InChI=1S/C19H23FN2O4/c1-11(2)26-22-12(3)15-7-13(10-21-19(15)24)8-17(23)16-9-14(20)5-6-18(16)25-4/h5-7,9-11,17,23H,8H2,1-4H3,(H,21,24)/b22-12+. The Bertz CT molecular complexity index is 846. The number of benzene rings is 1. The molecule has 26 heavy (non-hydrogen) atoms. The fourth-order valence-electron chi connectivity index (χ4n) is 2.45. The maximum Gasteiger partial charge on any atom is 0.257 e. The van der Waals surface area contributed by atoms with E-state index in [4.69, 9.17) is 9.57 Å². The number of aliphatic hydroxyl groups is 1. The Hall–Kier alpha value is -2.67. The van der Waals surface area contributed by atoms with E-state index in [1.165, 1.54) is 31.5 Å². The predicted molar refractivity (Wildman–Crippen MR) is 97.1 cm³/mol. The van der Waals surface area contributed by atoms with Gasteiger partial charge in [-0.3, -0.25) is 4.79 Å². The second-order valence-electron chi connectivity index (χ2n) is 6.19. The number of rotatable bonds is 7. The number of hydrogen-bond acceptors (Lipinski definition) is 5. The highest BCUT2D eigenvalue weighted by Gasteiger charge is 2.16. The van der Waals surface area contributed by atoms with E-state index in [9.17, 15) is 14.3 Å². The summed E-state index contributed by atoms with van der Waals surface area (Å²) in [7, 11) is 1.45. The van der Waals surface area contributed by atoms with Crippen molar-refractivity contribution in [1.82, 2.24) is 4.98 Å². The summed E-state index contributed by atoms with van der Waals surface area (Å²) in [5, 5.41) is 14.4. The molecule has 0 spiro atoms. The van der Waals surface area contributed by atoms with Gasteiger partial charge in [-0.1, -0.05) is 5.16 Å². The van der Waals surface area contributed by atoms with Crippen LogP contribution in [0.25, 0.3) is 0 Å². The van der Waals surface area contributed by atoms with Gasteiger partial charge in [-0.25, -0.2) is 4.39 Å². The van der Waals surface area contributed by atoms with Gasteiger partial charge in [0.25, 0.3) is 5.56 Å². The number of nitrogens with zero attached hydrogens (tertiary/aromatic N) is 1. The molecule has 2 aromatic rings. The molecule has 0 aliphatic rings. The Morgan fingerprint density at radius 1 is 1.35 bits per heavy atom. The zero-order chi connectivity index (χ0) is 19.3. The van der Waals surface area contributed by atoms with E-state index < -0.39 is 11.9 Å². The van der Waals surface area contributed by atoms with Crippen LogP contribution in [0.1, 0.15) is 43.6 Å². The zero-order valence-electron chi connectivity index (χ0n) is 15.2. The van der Waals surface area contributed by atoms with Crippen LogP contribution in [-0.4, -0.2) is 29.0 Å². The summed E-state index contributed by atoms with van der Waals surface area (Å²) >= 11 is 0. The summed E-state index contributed by atoms with van der Waals surface area (Å²) in [5.74, 6) is -0.0672. The third-order valence-electron chi connectivity index (χ3n) is 3.73. The van der Waals surface area contributed by atoms with Crippen molar-refractivity contribution in [3.63, 3.8) is 0 Å². The van der Waals surface area contributed by atoms with Gasteiger partial charge < -0.3 is 19.7 Å². The van der Waals surface area contributed by atoms with Crippen LogP contribution < -0.4 is 10.3 Å². The first-order valence-corrected chi connectivity index (χ1v) is 8.25. The molecule has 0 fully saturated rings. The van der Waals surface area contributed by atoms with Crippen molar-refractivity contribution in [1.29, 1.82) is 0 Å². The van der Waals surface area contributed by atoms with Crippen molar-refractivity contribution in [3.8, 4) is 5.75 Å². The quantitative estimate of drug-likeness (QED) is 0.586. The minimum absolute atomic E-state index is 0.102. The third kappa shape index (κ3) is 4.92. The molecule has 1 unspecified atom stereocenters. The molecule has 1 atom stereocenters. The fourth-order valence-corrected chi connectivity index (χ4v) is 2.45. The Balaban J connectivity index is 2.28. The zero-order valence-corrected chi connectivity index (χ0v) is 15.2. The Labute approximate surface area is 151 Å². The molecule has 1 aromatic heterocycles. The van der Waals surface area contributed by atoms with Crippen molar-refractivity contribution in [2.75, 3.05) is 7.11 Å². The van der Waals surface area contributed by atoms with Crippen molar-refractivity contribution in [2.45, 2.75) is 39.4 Å². The van der Waals surface area contributed by atoms with Crippen LogP contribution in [0.3, 0.4) is 0 Å². The van der Waals surface area contributed by atoms with Gasteiger partial charge in [-0.05, 0) is 50.6 Å². The molecule has 0 aliphatic heterocycles. The highest BCUT2D eigenvalue weighted by molar-refractivity contribution is 5.98. The Kier molecular flexibility index (Phi) is 6.52. The van der Waals surface area contributed by atoms with E-state index >= 15 is 0 Å². The van der Waals surface area contributed by atoms with Gasteiger partial charge in [0.15, 0.2) is 0 Å². The van der Waals surface area contributed by atoms with Crippen LogP contribution in [-0.2, 0) is 11.3 Å². The first-order valence-electron chi connectivity index (χ1n) is 8.25. The molecule has 0 saturated carbocycles. The molecule has 2 N–H and O–H groups in total. The lowest BCUT2D eigenvalue weighted by molar-refractivity contribution is 0.0860. The van der Waals surface area contributed by atoms with Gasteiger partial charge in [0, 0.05) is 18.2 Å². The molecule has 0 aliphatic carbocycles. The van der Waals surface area contributed by atoms with Crippen molar-refractivity contribution < 1.29 is 19.1 Å². The van der Waals surface area contributed by atoms with E-state index in [1.807, 2.05) is 13.8 Å². The normalized spacial score (nSPS) is 13.0. The third-order valence-corrected chi connectivity index (χ3v) is 3.73.